The molecule has 1 atom stereocenters. The molecule has 1 aliphatic heterocycles. The van der Waals surface area contributed by atoms with Crippen LogP contribution in [0, 0.1) is 17.2 Å². The van der Waals surface area contributed by atoms with E-state index in [1.54, 1.807) is 6.92 Å². The number of alkyl halides is 3. The number of carbonyl (C=O) groups excluding carboxylic acids is 1. The number of allylic oxidation sites excluding steroid dienone is 6. The molecule has 1 unspecified atom stereocenters. The Balaban J connectivity index is 2.21. The summed E-state index contributed by atoms with van der Waals surface area (Å²) >= 11 is 0. The van der Waals surface area contributed by atoms with Crippen LogP contribution in [0.3, 0.4) is 0 Å². The maximum Gasteiger partial charge on any atom is 0.412 e. The molecular weight excluding hydrogens is 319 g/mol. The number of nitriles is 1. The van der Waals surface area contributed by atoms with Gasteiger partial charge in [0.2, 0.25) is 0 Å². The Morgan fingerprint density at radius 1 is 1.08 bits per heavy atom. The normalized spacial score (nSPS) is 25.5. The minimum atomic E-state index is -4.40. The highest BCUT2D eigenvalue weighted by Gasteiger charge is 2.43. The molecule has 24 heavy (non-hydrogen) atoms. The Morgan fingerprint density at radius 3 is 2.42 bits per heavy atom. The van der Waals surface area contributed by atoms with Crippen molar-refractivity contribution in [2.75, 3.05) is 0 Å². The van der Waals surface area contributed by atoms with E-state index in [-0.39, 0.29) is 34.9 Å². The summed E-state index contributed by atoms with van der Waals surface area (Å²) in [6.45, 7) is 1.55. The van der Waals surface area contributed by atoms with Gasteiger partial charge >= 0.3 is 6.18 Å². The van der Waals surface area contributed by atoms with Gasteiger partial charge in [0, 0.05) is 17.9 Å². The highest BCUT2D eigenvalue weighted by molar-refractivity contribution is 5.96. The van der Waals surface area contributed by atoms with Crippen molar-refractivity contribution in [3.63, 3.8) is 0 Å². The fraction of sp³-hybridized carbons (Fsp3) is 0.556. The summed E-state index contributed by atoms with van der Waals surface area (Å²) in [5, 5.41) is 9.51. The molecule has 1 heterocycles. The van der Waals surface area contributed by atoms with Crippen molar-refractivity contribution in [2.45, 2.75) is 58.0 Å². The number of ether oxygens (including phenoxy) is 1. The molecule has 0 fully saturated rings. The van der Waals surface area contributed by atoms with Crippen molar-refractivity contribution in [3.05, 3.63) is 33.8 Å². The summed E-state index contributed by atoms with van der Waals surface area (Å²) in [6.07, 6.45) is -1.53. The molecule has 0 saturated heterocycles. The molecule has 3 aliphatic rings. The summed E-state index contributed by atoms with van der Waals surface area (Å²) in [4.78, 5) is 12.1. The van der Waals surface area contributed by atoms with Crippen LogP contribution in [0.25, 0.3) is 0 Å². The molecule has 3 rings (SSSR count). The maximum atomic E-state index is 13.5. The molecule has 0 aromatic heterocycles. The minimum Gasteiger partial charge on any atom is -0.457 e. The van der Waals surface area contributed by atoms with Crippen molar-refractivity contribution >= 4 is 5.78 Å². The lowest BCUT2D eigenvalue weighted by atomic mass is 9.72. The molecule has 2 aliphatic carbocycles. The molecule has 128 valence electrons. The average molecular weight is 337 g/mol. The molecule has 0 bridgehead atoms. The van der Waals surface area contributed by atoms with Crippen LogP contribution in [-0.4, -0.2) is 12.0 Å². The second-order valence-corrected chi connectivity index (χ2v) is 6.46. The summed E-state index contributed by atoms with van der Waals surface area (Å²) in [5.41, 5.74) is 0.510. The molecule has 3 nitrogen and oxygen atoms in total. The van der Waals surface area contributed by atoms with E-state index in [0.717, 1.165) is 0 Å². The lowest BCUT2D eigenvalue weighted by molar-refractivity contribution is -0.119. The number of hydrogen-bond acceptors (Lipinski definition) is 3. The molecule has 0 spiro atoms. The van der Waals surface area contributed by atoms with Gasteiger partial charge in [-0.3, -0.25) is 4.79 Å². The van der Waals surface area contributed by atoms with E-state index in [4.69, 9.17) is 4.74 Å². The Labute approximate surface area is 138 Å². The van der Waals surface area contributed by atoms with Crippen LogP contribution in [0.4, 0.5) is 13.2 Å². The monoisotopic (exact) mass is 337 g/mol. The van der Waals surface area contributed by atoms with Gasteiger partial charge in [0.05, 0.1) is 11.6 Å². The number of nitrogens with zero attached hydrogens (tertiary/aromatic N) is 1. The molecule has 0 aromatic rings. The van der Waals surface area contributed by atoms with Crippen LogP contribution >= 0.6 is 0 Å². The number of ketones is 1. The molecular formula is C18H18F3NO2. The quantitative estimate of drug-likeness (QED) is 0.641. The van der Waals surface area contributed by atoms with Crippen molar-refractivity contribution in [3.8, 4) is 6.07 Å². The Kier molecular flexibility index (Phi) is 4.29. The van der Waals surface area contributed by atoms with Gasteiger partial charge in [-0.25, -0.2) is 0 Å². The second kappa shape index (κ2) is 6.12. The predicted molar refractivity (Wildman–Crippen MR) is 80.3 cm³/mol. The first-order valence-corrected chi connectivity index (χ1v) is 8.18. The van der Waals surface area contributed by atoms with Gasteiger partial charge in [-0.2, -0.15) is 18.4 Å². The molecule has 6 heteroatoms. The zero-order chi connectivity index (χ0) is 17.5. The van der Waals surface area contributed by atoms with E-state index in [2.05, 4.69) is 0 Å². The van der Waals surface area contributed by atoms with Crippen LogP contribution in [0.1, 0.15) is 51.9 Å². The highest BCUT2D eigenvalue weighted by Crippen LogP contribution is 2.48. The lowest BCUT2D eigenvalue weighted by Gasteiger charge is -2.35. The van der Waals surface area contributed by atoms with Gasteiger partial charge in [0.25, 0.3) is 0 Å². The van der Waals surface area contributed by atoms with E-state index < -0.39 is 17.7 Å². The number of carbonyl (C=O) groups is 1. The maximum absolute atomic E-state index is 13.5. The van der Waals surface area contributed by atoms with Crippen LogP contribution in [0.2, 0.25) is 0 Å². The molecule has 0 aromatic carbocycles. The first-order valence-electron chi connectivity index (χ1n) is 8.18. The van der Waals surface area contributed by atoms with E-state index >= 15 is 0 Å². The zero-order valence-corrected chi connectivity index (χ0v) is 13.4. The van der Waals surface area contributed by atoms with Gasteiger partial charge < -0.3 is 4.74 Å². The SMILES string of the molecule is CC1=C(C#N)C(C2=C(C(F)(F)F)CCCC2)C2=C(O1)C(=O)CCC2. The number of hydrogen-bond donors (Lipinski definition) is 0. The fourth-order valence-corrected chi connectivity index (χ4v) is 3.93. The van der Waals surface area contributed by atoms with Crippen LogP contribution in [0.5, 0.6) is 0 Å². The van der Waals surface area contributed by atoms with E-state index in [0.29, 0.717) is 44.1 Å². The Hall–Kier alpha value is -2.03. The summed E-state index contributed by atoms with van der Waals surface area (Å²) in [5.74, 6) is -0.513. The Morgan fingerprint density at radius 2 is 1.75 bits per heavy atom. The van der Waals surface area contributed by atoms with E-state index in [9.17, 15) is 23.2 Å². The minimum absolute atomic E-state index is 0.0233. The Bertz CT molecular complexity index is 720. The van der Waals surface area contributed by atoms with Crippen molar-refractivity contribution in [1.82, 2.24) is 0 Å². The zero-order valence-electron chi connectivity index (χ0n) is 13.4. The second-order valence-electron chi connectivity index (χ2n) is 6.46. The van der Waals surface area contributed by atoms with Gasteiger partial charge in [-0.15, -0.1) is 0 Å². The van der Waals surface area contributed by atoms with Gasteiger partial charge in [-0.1, -0.05) is 0 Å². The van der Waals surface area contributed by atoms with Crippen molar-refractivity contribution in [1.29, 1.82) is 5.26 Å². The lowest BCUT2D eigenvalue weighted by Crippen LogP contribution is -2.29. The third kappa shape index (κ3) is 2.77. The van der Waals surface area contributed by atoms with Gasteiger partial charge in [0.1, 0.15) is 5.76 Å². The number of Topliss-reactive ketones (excluding diaryl/α,β-unsaturated/α-hetero) is 1. The topological polar surface area (TPSA) is 50.1 Å². The molecule has 0 saturated carbocycles. The predicted octanol–water partition coefficient (Wildman–Crippen LogP) is 4.87. The molecule has 0 N–H and O–H groups in total. The number of rotatable bonds is 1. The van der Waals surface area contributed by atoms with E-state index in [1.165, 1.54) is 0 Å². The summed E-state index contributed by atoms with van der Waals surface area (Å²) in [6, 6.07) is 2.03. The number of halogens is 3. The van der Waals surface area contributed by atoms with Crippen LogP contribution in [-0.2, 0) is 9.53 Å². The first-order chi connectivity index (χ1) is 11.3. The largest absolute Gasteiger partial charge is 0.457 e. The summed E-state index contributed by atoms with van der Waals surface area (Å²) < 4.78 is 46.0. The average Bonchev–Trinajstić information content (AvgIpc) is 2.54. The third-order valence-corrected chi connectivity index (χ3v) is 4.99. The van der Waals surface area contributed by atoms with Crippen LogP contribution in [0.15, 0.2) is 33.8 Å². The van der Waals surface area contributed by atoms with Crippen molar-refractivity contribution in [2.24, 2.45) is 5.92 Å². The smallest absolute Gasteiger partial charge is 0.412 e. The van der Waals surface area contributed by atoms with Crippen LogP contribution < -0.4 is 0 Å². The van der Waals surface area contributed by atoms with Crippen molar-refractivity contribution < 1.29 is 22.7 Å². The van der Waals surface area contributed by atoms with Gasteiger partial charge in [-0.05, 0) is 56.6 Å². The third-order valence-electron chi connectivity index (χ3n) is 4.99. The summed E-state index contributed by atoms with van der Waals surface area (Å²) in [7, 11) is 0. The standard InChI is InChI=1S/C18H18F3NO2/c1-10-13(9-22)16(12-6-4-8-15(23)17(12)24-10)11-5-2-3-7-14(11)18(19,20)21/h16H,2-8H2,1H3. The first kappa shape index (κ1) is 16.8. The molecule has 0 radical (unpaired) electrons. The highest BCUT2D eigenvalue weighted by atomic mass is 19.4. The molecule has 0 amide bonds. The van der Waals surface area contributed by atoms with Gasteiger partial charge in [0.15, 0.2) is 11.5 Å². The fourth-order valence-electron chi connectivity index (χ4n) is 3.93. The van der Waals surface area contributed by atoms with E-state index in [1.807, 2.05) is 6.07 Å².